The van der Waals surface area contributed by atoms with E-state index in [1.165, 1.54) is 11.0 Å². The molecule has 2 heterocycles. The highest BCUT2D eigenvalue weighted by atomic mass is 16.6. The number of phenolic OH excluding ortho intramolecular Hbond substituents is 1. The number of nitrogens with zero attached hydrogens (tertiary/aromatic N) is 2. The highest BCUT2D eigenvalue weighted by Crippen LogP contribution is 2.29. The average molecular weight is 334 g/mol. The van der Waals surface area contributed by atoms with Crippen LogP contribution in [0.15, 0.2) is 18.2 Å². The van der Waals surface area contributed by atoms with Crippen molar-refractivity contribution in [3.8, 4) is 5.75 Å². The second-order valence-corrected chi connectivity index (χ2v) is 5.74. The summed E-state index contributed by atoms with van der Waals surface area (Å²) in [6, 6.07) is 2.85. The summed E-state index contributed by atoms with van der Waals surface area (Å²) in [6.45, 7) is 0.481. The number of nitro benzene ring substituents is 1. The van der Waals surface area contributed by atoms with Crippen LogP contribution in [0.2, 0.25) is 0 Å². The molecule has 126 valence electrons. The van der Waals surface area contributed by atoms with Crippen LogP contribution in [0.1, 0.15) is 23.2 Å². The molecule has 1 aromatic rings. The van der Waals surface area contributed by atoms with Crippen molar-refractivity contribution in [2.45, 2.75) is 18.4 Å². The number of imide groups is 1. The molecule has 1 spiro atoms. The molecule has 0 aliphatic carbocycles. The average Bonchev–Trinajstić information content (AvgIpc) is 2.80. The molecule has 0 bridgehead atoms. The number of hydrogen-bond acceptors (Lipinski definition) is 6. The minimum atomic E-state index is -0.981. The molecule has 10 nitrogen and oxygen atoms in total. The third-order valence-corrected chi connectivity index (χ3v) is 4.34. The van der Waals surface area contributed by atoms with Crippen LogP contribution >= 0.6 is 0 Å². The number of amides is 4. The molecule has 3 rings (SSSR count). The number of likely N-dealkylation sites (tertiary alicyclic amines) is 1. The molecule has 2 fully saturated rings. The van der Waals surface area contributed by atoms with Crippen molar-refractivity contribution >= 4 is 23.5 Å². The van der Waals surface area contributed by atoms with Gasteiger partial charge in [0.05, 0.1) is 4.92 Å². The highest BCUT2D eigenvalue weighted by molar-refractivity contribution is 6.07. The van der Waals surface area contributed by atoms with Gasteiger partial charge in [0.25, 0.3) is 11.8 Å². The summed E-state index contributed by atoms with van der Waals surface area (Å²) in [5.41, 5.74) is -1.34. The fourth-order valence-electron chi connectivity index (χ4n) is 2.97. The maximum absolute atomic E-state index is 12.4. The Bertz CT molecular complexity index is 754. The van der Waals surface area contributed by atoms with Gasteiger partial charge in [-0.15, -0.1) is 0 Å². The smallest absolute Gasteiger partial charge is 0.322 e. The SMILES string of the molecule is O=C1NC(=O)C2(CCN(C(=O)c3ccc([N+](=O)[O-])c(O)c3)CC2)N1. The first-order valence-corrected chi connectivity index (χ1v) is 7.23. The van der Waals surface area contributed by atoms with Gasteiger partial charge in [0.2, 0.25) is 0 Å². The summed E-state index contributed by atoms with van der Waals surface area (Å²) >= 11 is 0. The largest absolute Gasteiger partial charge is 0.502 e. The first-order chi connectivity index (χ1) is 11.3. The van der Waals surface area contributed by atoms with Crippen LogP contribution in [-0.2, 0) is 4.79 Å². The van der Waals surface area contributed by atoms with E-state index in [0.717, 1.165) is 12.1 Å². The third kappa shape index (κ3) is 2.51. The molecule has 2 saturated heterocycles. The number of carbonyl (C=O) groups excluding carboxylic acids is 3. The van der Waals surface area contributed by atoms with Crippen LogP contribution in [0.4, 0.5) is 10.5 Å². The van der Waals surface area contributed by atoms with Crippen LogP contribution in [0.3, 0.4) is 0 Å². The van der Waals surface area contributed by atoms with Gasteiger partial charge in [-0.2, -0.15) is 0 Å². The molecule has 10 heteroatoms. The molecule has 24 heavy (non-hydrogen) atoms. The lowest BCUT2D eigenvalue weighted by atomic mass is 9.87. The zero-order valence-corrected chi connectivity index (χ0v) is 12.4. The Kier molecular flexibility index (Phi) is 3.59. The van der Waals surface area contributed by atoms with E-state index in [2.05, 4.69) is 10.6 Å². The van der Waals surface area contributed by atoms with E-state index < -0.39 is 39.7 Å². The van der Waals surface area contributed by atoms with Crippen molar-refractivity contribution in [3.63, 3.8) is 0 Å². The van der Waals surface area contributed by atoms with Gasteiger partial charge in [0.15, 0.2) is 5.75 Å². The molecule has 0 unspecified atom stereocenters. The van der Waals surface area contributed by atoms with Gasteiger partial charge >= 0.3 is 11.7 Å². The van der Waals surface area contributed by atoms with Crippen molar-refractivity contribution in [1.29, 1.82) is 0 Å². The molecule has 0 atom stereocenters. The Morgan fingerprint density at radius 1 is 1.29 bits per heavy atom. The number of phenols is 1. The molecule has 1 aromatic carbocycles. The van der Waals surface area contributed by atoms with Gasteiger partial charge in [-0.1, -0.05) is 0 Å². The number of nitrogens with one attached hydrogen (secondary N) is 2. The van der Waals surface area contributed by atoms with Crippen LogP contribution in [0.25, 0.3) is 0 Å². The molecule has 3 N–H and O–H groups in total. The molecule has 0 aromatic heterocycles. The molecule has 2 aliphatic heterocycles. The number of rotatable bonds is 2. The summed E-state index contributed by atoms with van der Waals surface area (Å²) in [5, 5.41) is 25.1. The lowest BCUT2D eigenvalue weighted by molar-refractivity contribution is -0.385. The third-order valence-electron chi connectivity index (χ3n) is 4.34. The Balaban J connectivity index is 1.72. The summed E-state index contributed by atoms with van der Waals surface area (Å²) in [4.78, 5) is 47.0. The van der Waals surface area contributed by atoms with Crippen molar-refractivity contribution in [2.24, 2.45) is 0 Å². The van der Waals surface area contributed by atoms with Crippen molar-refractivity contribution < 1.29 is 24.4 Å². The quantitative estimate of drug-likeness (QED) is 0.398. The van der Waals surface area contributed by atoms with E-state index >= 15 is 0 Å². The number of hydrogen-bond donors (Lipinski definition) is 3. The maximum atomic E-state index is 12.4. The first-order valence-electron chi connectivity index (χ1n) is 7.23. The summed E-state index contributed by atoms with van der Waals surface area (Å²) < 4.78 is 0. The number of piperidine rings is 1. The summed E-state index contributed by atoms with van der Waals surface area (Å²) in [5.74, 6) is -1.38. The Morgan fingerprint density at radius 3 is 2.46 bits per heavy atom. The fourth-order valence-corrected chi connectivity index (χ4v) is 2.97. The van der Waals surface area contributed by atoms with Crippen LogP contribution in [0, 0.1) is 10.1 Å². The minimum absolute atomic E-state index is 0.119. The van der Waals surface area contributed by atoms with Gasteiger partial charge in [-0.25, -0.2) is 4.79 Å². The first kappa shape index (κ1) is 15.7. The molecule has 4 amide bonds. The lowest BCUT2D eigenvalue weighted by Gasteiger charge is -2.37. The van der Waals surface area contributed by atoms with Gasteiger partial charge in [-0.05, 0) is 25.0 Å². The van der Waals surface area contributed by atoms with E-state index in [9.17, 15) is 29.6 Å². The maximum Gasteiger partial charge on any atom is 0.322 e. The van der Waals surface area contributed by atoms with Gasteiger partial charge in [0.1, 0.15) is 5.54 Å². The molecule has 2 aliphatic rings. The van der Waals surface area contributed by atoms with E-state index in [0.29, 0.717) is 0 Å². The van der Waals surface area contributed by atoms with Gasteiger partial charge in [-0.3, -0.25) is 25.0 Å². The van der Waals surface area contributed by atoms with Crippen LogP contribution in [0.5, 0.6) is 5.75 Å². The number of carbonyl (C=O) groups is 3. The van der Waals surface area contributed by atoms with E-state index in [4.69, 9.17) is 0 Å². The second-order valence-electron chi connectivity index (χ2n) is 5.74. The van der Waals surface area contributed by atoms with E-state index in [-0.39, 0.29) is 31.5 Å². The molecular weight excluding hydrogens is 320 g/mol. The zero-order valence-electron chi connectivity index (χ0n) is 12.4. The predicted octanol–water partition coefficient (Wildman–Crippen LogP) is 0.115. The Morgan fingerprint density at radius 2 is 1.96 bits per heavy atom. The highest BCUT2D eigenvalue weighted by Gasteiger charge is 2.48. The van der Waals surface area contributed by atoms with Crippen LogP contribution < -0.4 is 10.6 Å². The zero-order chi connectivity index (χ0) is 17.5. The van der Waals surface area contributed by atoms with Crippen molar-refractivity contribution in [3.05, 3.63) is 33.9 Å². The number of aromatic hydroxyl groups is 1. The van der Waals surface area contributed by atoms with Gasteiger partial charge in [0, 0.05) is 24.7 Å². The fraction of sp³-hybridized carbons (Fsp3) is 0.357. The summed E-state index contributed by atoms with van der Waals surface area (Å²) in [7, 11) is 0. The topological polar surface area (TPSA) is 142 Å². The predicted molar refractivity (Wildman–Crippen MR) is 79.3 cm³/mol. The molecule has 0 saturated carbocycles. The minimum Gasteiger partial charge on any atom is -0.502 e. The lowest BCUT2D eigenvalue weighted by Crippen LogP contribution is -2.55. The Hall–Kier alpha value is -3.17. The van der Waals surface area contributed by atoms with Gasteiger partial charge < -0.3 is 15.3 Å². The monoisotopic (exact) mass is 334 g/mol. The number of nitro groups is 1. The normalized spacial score (nSPS) is 19.1. The van der Waals surface area contributed by atoms with E-state index in [1.54, 1.807) is 0 Å². The number of urea groups is 1. The Labute approximate surface area is 135 Å². The van der Waals surface area contributed by atoms with E-state index in [1.807, 2.05) is 0 Å². The van der Waals surface area contributed by atoms with Crippen molar-refractivity contribution in [2.75, 3.05) is 13.1 Å². The molecular formula is C14H14N4O6. The number of benzene rings is 1. The summed E-state index contributed by atoms with van der Waals surface area (Å²) in [6.07, 6.45) is 0.546. The van der Waals surface area contributed by atoms with Crippen molar-refractivity contribution in [1.82, 2.24) is 15.5 Å². The molecule has 0 radical (unpaired) electrons. The van der Waals surface area contributed by atoms with Crippen LogP contribution in [-0.4, -0.2) is 51.4 Å². The second kappa shape index (κ2) is 5.48. The standard InChI is InChI=1S/C14H14N4O6/c19-10-7-8(1-2-9(10)18(23)24)11(20)17-5-3-14(4-6-17)12(21)15-13(22)16-14/h1-2,7,19H,3-6H2,(H2,15,16,21,22).